The lowest BCUT2D eigenvalue weighted by Crippen LogP contribution is -2.36. The van der Waals surface area contributed by atoms with Gasteiger partial charge in [0.15, 0.2) is 0 Å². The fourth-order valence-electron chi connectivity index (χ4n) is 3.17. The molecule has 7 nitrogen and oxygen atoms in total. The van der Waals surface area contributed by atoms with Crippen molar-refractivity contribution in [2.45, 2.75) is 18.8 Å². The standard InChI is InChI=1S/C19H22N4O3/c1-22(15-4-5-17(20-12-15)23-6-8-26-9-7-23)19(25)14-10-16(13-2-3-13)21-18(24)11-14/h4-5,10-13H,2-3,6-9H2,1H3,(H,21,24). The van der Waals surface area contributed by atoms with Gasteiger partial charge in [0.2, 0.25) is 5.56 Å². The average molecular weight is 354 g/mol. The Kier molecular flexibility index (Phi) is 4.46. The Bertz CT molecular complexity index is 852. The van der Waals surface area contributed by atoms with Crippen molar-refractivity contribution in [2.75, 3.05) is 43.2 Å². The Morgan fingerprint density at radius 3 is 2.69 bits per heavy atom. The second kappa shape index (κ2) is 6.92. The van der Waals surface area contributed by atoms with Crippen LogP contribution < -0.4 is 15.4 Å². The van der Waals surface area contributed by atoms with E-state index in [0.29, 0.717) is 30.4 Å². The molecule has 7 heteroatoms. The predicted octanol–water partition coefficient (Wildman–Crippen LogP) is 1.76. The van der Waals surface area contributed by atoms with Crippen LogP contribution in [0.2, 0.25) is 0 Å². The SMILES string of the molecule is CN(C(=O)c1cc(C2CC2)[nH]c(=O)c1)c1ccc(N2CCOCC2)nc1. The molecular formula is C19H22N4O3. The zero-order valence-corrected chi connectivity index (χ0v) is 14.8. The van der Waals surface area contributed by atoms with Gasteiger partial charge in [-0.1, -0.05) is 0 Å². The third-order valence-corrected chi connectivity index (χ3v) is 4.89. The highest BCUT2D eigenvalue weighted by molar-refractivity contribution is 6.05. The van der Waals surface area contributed by atoms with Crippen LogP contribution in [0.25, 0.3) is 0 Å². The van der Waals surface area contributed by atoms with Crippen LogP contribution in [-0.4, -0.2) is 49.2 Å². The molecule has 0 spiro atoms. The van der Waals surface area contributed by atoms with E-state index >= 15 is 0 Å². The molecule has 0 atom stereocenters. The quantitative estimate of drug-likeness (QED) is 0.905. The predicted molar refractivity (Wildman–Crippen MR) is 99.0 cm³/mol. The van der Waals surface area contributed by atoms with Crippen molar-refractivity contribution in [3.63, 3.8) is 0 Å². The van der Waals surface area contributed by atoms with Gasteiger partial charge in [0, 0.05) is 37.5 Å². The van der Waals surface area contributed by atoms with Crippen LogP contribution in [0.5, 0.6) is 0 Å². The highest BCUT2D eigenvalue weighted by Gasteiger charge is 2.26. The summed E-state index contributed by atoms with van der Waals surface area (Å²) in [5.74, 6) is 1.05. The molecule has 26 heavy (non-hydrogen) atoms. The van der Waals surface area contributed by atoms with Crippen LogP contribution in [0.4, 0.5) is 11.5 Å². The van der Waals surface area contributed by atoms with E-state index in [1.165, 1.54) is 11.0 Å². The monoisotopic (exact) mass is 354 g/mol. The number of nitrogens with zero attached hydrogens (tertiary/aromatic N) is 3. The van der Waals surface area contributed by atoms with E-state index in [9.17, 15) is 9.59 Å². The molecule has 1 aliphatic heterocycles. The summed E-state index contributed by atoms with van der Waals surface area (Å²) in [4.78, 5) is 35.7. The molecule has 1 N–H and O–H groups in total. The number of hydrogen-bond donors (Lipinski definition) is 1. The van der Waals surface area contributed by atoms with E-state index < -0.39 is 0 Å². The van der Waals surface area contributed by atoms with E-state index in [-0.39, 0.29) is 11.5 Å². The van der Waals surface area contributed by atoms with Crippen molar-refractivity contribution in [1.29, 1.82) is 0 Å². The first-order chi connectivity index (χ1) is 12.6. The van der Waals surface area contributed by atoms with Crippen molar-refractivity contribution in [3.05, 3.63) is 52.1 Å². The van der Waals surface area contributed by atoms with Crippen molar-refractivity contribution in [2.24, 2.45) is 0 Å². The van der Waals surface area contributed by atoms with Gasteiger partial charge in [-0.25, -0.2) is 4.98 Å². The van der Waals surface area contributed by atoms with Gasteiger partial charge in [0.25, 0.3) is 5.91 Å². The Hall–Kier alpha value is -2.67. The number of pyridine rings is 2. The molecule has 1 saturated carbocycles. The van der Waals surface area contributed by atoms with E-state index in [1.807, 2.05) is 12.1 Å². The van der Waals surface area contributed by atoms with Gasteiger partial charge in [-0.2, -0.15) is 0 Å². The van der Waals surface area contributed by atoms with Gasteiger partial charge < -0.3 is 19.5 Å². The Morgan fingerprint density at radius 2 is 2.04 bits per heavy atom. The van der Waals surface area contributed by atoms with Gasteiger partial charge >= 0.3 is 0 Å². The van der Waals surface area contributed by atoms with Crippen molar-refractivity contribution >= 4 is 17.4 Å². The minimum absolute atomic E-state index is 0.209. The lowest BCUT2D eigenvalue weighted by Gasteiger charge is -2.28. The fourth-order valence-corrected chi connectivity index (χ4v) is 3.17. The number of nitrogens with one attached hydrogen (secondary N) is 1. The molecule has 2 aliphatic rings. The van der Waals surface area contributed by atoms with E-state index in [4.69, 9.17) is 4.74 Å². The normalized spacial score (nSPS) is 17.2. The maximum atomic E-state index is 12.8. The van der Waals surface area contributed by atoms with Crippen molar-refractivity contribution in [1.82, 2.24) is 9.97 Å². The molecule has 0 bridgehead atoms. The molecule has 2 fully saturated rings. The van der Waals surface area contributed by atoms with Crippen molar-refractivity contribution in [3.8, 4) is 0 Å². The molecular weight excluding hydrogens is 332 g/mol. The molecule has 2 aromatic heterocycles. The molecule has 1 saturated heterocycles. The summed E-state index contributed by atoms with van der Waals surface area (Å²) in [7, 11) is 1.70. The van der Waals surface area contributed by atoms with Gasteiger partial charge in [0.1, 0.15) is 5.82 Å². The number of H-pyrrole nitrogens is 1. The molecule has 0 unspecified atom stereocenters. The average Bonchev–Trinajstić information content (AvgIpc) is 3.52. The molecule has 1 amide bonds. The summed E-state index contributed by atoms with van der Waals surface area (Å²) in [5.41, 5.74) is 1.73. The van der Waals surface area contributed by atoms with Crippen LogP contribution >= 0.6 is 0 Å². The second-order valence-corrected chi connectivity index (χ2v) is 6.80. The summed E-state index contributed by atoms with van der Waals surface area (Å²) in [6.07, 6.45) is 3.82. The number of carbonyl (C=O) groups excluding carboxylic acids is 1. The van der Waals surface area contributed by atoms with Gasteiger partial charge in [0.05, 0.1) is 25.1 Å². The molecule has 136 valence electrons. The Balaban J connectivity index is 1.52. The summed E-state index contributed by atoms with van der Waals surface area (Å²) < 4.78 is 5.35. The van der Waals surface area contributed by atoms with Crippen LogP contribution in [0.15, 0.2) is 35.3 Å². The third-order valence-electron chi connectivity index (χ3n) is 4.89. The number of aromatic nitrogens is 2. The molecule has 3 heterocycles. The van der Waals surface area contributed by atoms with E-state index in [1.54, 1.807) is 19.3 Å². The lowest BCUT2D eigenvalue weighted by atomic mass is 10.1. The zero-order valence-electron chi connectivity index (χ0n) is 14.8. The summed E-state index contributed by atoms with van der Waals surface area (Å²) in [6, 6.07) is 6.95. The summed E-state index contributed by atoms with van der Waals surface area (Å²) >= 11 is 0. The molecule has 4 rings (SSSR count). The van der Waals surface area contributed by atoms with Crippen LogP contribution in [0, 0.1) is 0 Å². The first kappa shape index (κ1) is 16.8. The Labute approximate surface area is 151 Å². The number of ether oxygens (including phenoxy) is 1. The van der Waals surface area contributed by atoms with E-state index in [2.05, 4.69) is 14.9 Å². The topological polar surface area (TPSA) is 78.5 Å². The number of carbonyl (C=O) groups is 1. The number of morpholine rings is 1. The highest BCUT2D eigenvalue weighted by Crippen LogP contribution is 2.38. The minimum atomic E-state index is -0.230. The number of hydrogen-bond acceptors (Lipinski definition) is 5. The van der Waals surface area contributed by atoms with Gasteiger partial charge in [-0.3, -0.25) is 9.59 Å². The third kappa shape index (κ3) is 3.48. The van der Waals surface area contributed by atoms with Crippen LogP contribution in [0.3, 0.4) is 0 Å². The first-order valence-corrected chi connectivity index (χ1v) is 8.93. The Morgan fingerprint density at radius 1 is 1.27 bits per heavy atom. The summed E-state index contributed by atoms with van der Waals surface area (Å²) in [5, 5.41) is 0. The number of anilines is 2. The highest BCUT2D eigenvalue weighted by atomic mass is 16.5. The molecule has 2 aromatic rings. The number of amides is 1. The van der Waals surface area contributed by atoms with Crippen LogP contribution in [0.1, 0.15) is 34.8 Å². The molecule has 0 aromatic carbocycles. The van der Waals surface area contributed by atoms with Gasteiger partial charge in [-0.15, -0.1) is 0 Å². The maximum absolute atomic E-state index is 12.8. The number of aromatic amines is 1. The fraction of sp³-hybridized carbons (Fsp3) is 0.421. The smallest absolute Gasteiger partial charge is 0.258 e. The van der Waals surface area contributed by atoms with Crippen LogP contribution in [-0.2, 0) is 4.74 Å². The molecule has 0 radical (unpaired) electrons. The first-order valence-electron chi connectivity index (χ1n) is 8.93. The largest absolute Gasteiger partial charge is 0.378 e. The minimum Gasteiger partial charge on any atom is -0.378 e. The summed E-state index contributed by atoms with van der Waals surface area (Å²) in [6.45, 7) is 3.04. The molecule has 1 aliphatic carbocycles. The lowest BCUT2D eigenvalue weighted by molar-refractivity contribution is 0.0992. The number of rotatable bonds is 4. The maximum Gasteiger partial charge on any atom is 0.258 e. The van der Waals surface area contributed by atoms with Gasteiger partial charge in [-0.05, 0) is 37.0 Å². The zero-order chi connectivity index (χ0) is 18.1. The van der Waals surface area contributed by atoms with E-state index in [0.717, 1.165) is 37.4 Å². The van der Waals surface area contributed by atoms with Crippen molar-refractivity contribution < 1.29 is 9.53 Å². The second-order valence-electron chi connectivity index (χ2n) is 6.80.